The van der Waals surface area contributed by atoms with Crippen LogP contribution < -0.4 is 4.72 Å². The molecule has 0 aliphatic heterocycles. The van der Waals surface area contributed by atoms with Crippen LogP contribution in [0.3, 0.4) is 0 Å². The van der Waals surface area contributed by atoms with Crippen LogP contribution in [0.4, 0.5) is 0 Å². The maximum atomic E-state index is 12.2. The van der Waals surface area contributed by atoms with Gasteiger partial charge in [-0.15, -0.1) is 0 Å². The Kier molecular flexibility index (Phi) is 3.74. The summed E-state index contributed by atoms with van der Waals surface area (Å²) in [7, 11) is -3.84. The zero-order valence-corrected chi connectivity index (χ0v) is 13.0. The Labute approximate surface area is 129 Å². The third kappa shape index (κ3) is 3.19. The standard InChI is InChI=1S/C15H17N3O3S/c1-11-7-14(11)15(19)17-22(20,21)13-8-16-18(10-13)9-12-5-3-2-4-6-12/h2-6,8,10-11,14H,7,9H2,1H3,(H,17,19)/t11-,14-/m1/s1. The van der Waals surface area contributed by atoms with E-state index in [-0.39, 0.29) is 16.7 Å². The Morgan fingerprint density at radius 3 is 2.68 bits per heavy atom. The molecule has 2 atom stereocenters. The molecule has 0 unspecified atom stereocenters. The molecule has 0 spiro atoms. The van der Waals surface area contributed by atoms with Crippen LogP contribution in [0, 0.1) is 11.8 Å². The van der Waals surface area contributed by atoms with E-state index in [0.29, 0.717) is 6.54 Å². The lowest BCUT2D eigenvalue weighted by Crippen LogP contribution is -2.31. The highest BCUT2D eigenvalue weighted by Gasteiger charge is 2.40. The van der Waals surface area contributed by atoms with Gasteiger partial charge in [0.1, 0.15) is 4.90 Å². The van der Waals surface area contributed by atoms with E-state index in [1.54, 1.807) is 0 Å². The maximum Gasteiger partial charge on any atom is 0.267 e. The fourth-order valence-electron chi connectivity index (χ4n) is 2.29. The molecule has 1 aliphatic rings. The highest BCUT2D eigenvalue weighted by atomic mass is 32.2. The molecule has 1 heterocycles. The summed E-state index contributed by atoms with van der Waals surface area (Å²) < 4.78 is 28.0. The first-order valence-electron chi connectivity index (χ1n) is 7.09. The monoisotopic (exact) mass is 319 g/mol. The van der Waals surface area contributed by atoms with Crippen molar-refractivity contribution in [2.45, 2.75) is 24.8 Å². The number of amides is 1. The van der Waals surface area contributed by atoms with Crippen molar-refractivity contribution in [3.05, 3.63) is 48.3 Å². The first kappa shape index (κ1) is 14.8. The first-order valence-corrected chi connectivity index (χ1v) is 8.57. The number of hydrogen-bond acceptors (Lipinski definition) is 4. The second-order valence-corrected chi connectivity index (χ2v) is 7.33. The van der Waals surface area contributed by atoms with Crippen molar-refractivity contribution in [3.63, 3.8) is 0 Å². The quantitative estimate of drug-likeness (QED) is 0.903. The van der Waals surface area contributed by atoms with Crippen LogP contribution in [-0.4, -0.2) is 24.1 Å². The van der Waals surface area contributed by atoms with Crippen molar-refractivity contribution in [2.24, 2.45) is 11.8 Å². The zero-order chi connectivity index (χ0) is 15.7. The predicted octanol–water partition coefficient (Wildman–Crippen LogP) is 1.39. The molecule has 1 saturated carbocycles. The Morgan fingerprint density at radius 1 is 1.36 bits per heavy atom. The molecule has 6 nitrogen and oxygen atoms in total. The van der Waals surface area contributed by atoms with Gasteiger partial charge >= 0.3 is 0 Å². The fourth-order valence-corrected chi connectivity index (χ4v) is 3.28. The lowest BCUT2D eigenvalue weighted by atomic mass is 10.2. The van der Waals surface area contributed by atoms with Crippen LogP contribution in [-0.2, 0) is 21.4 Å². The van der Waals surface area contributed by atoms with Gasteiger partial charge in [0.2, 0.25) is 5.91 Å². The summed E-state index contributed by atoms with van der Waals surface area (Å²) in [5.41, 5.74) is 1.02. The zero-order valence-electron chi connectivity index (χ0n) is 12.1. The average molecular weight is 319 g/mol. The number of carbonyl (C=O) groups excluding carboxylic acids is 1. The number of aromatic nitrogens is 2. The predicted molar refractivity (Wildman–Crippen MR) is 80.4 cm³/mol. The van der Waals surface area contributed by atoms with Gasteiger partial charge < -0.3 is 0 Å². The number of carbonyl (C=O) groups is 1. The summed E-state index contributed by atoms with van der Waals surface area (Å²) in [5.74, 6) is -0.353. The molecule has 1 N–H and O–H groups in total. The Morgan fingerprint density at radius 2 is 2.05 bits per heavy atom. The molecule has 1 amide bonds. The molecule has 1 aliphatic carbocycles. The molecule has 1 aromatic heterocycles. The summed E-state index contributed by atoms with van der Waals surface area (Å²) in [6, 6.07) is 9.61. The highest BCUT2D eigenvalue weighted by Crippen LogP contribution is 2.37. The van der Waals surface area contributed by atoms with Crippen LogP contribution >= 0.6 is 0 Å². The van der Waals surface area contributed by atoms with Gasteiger partial charge in [0.05, 0.1) is 12.7 Å². The highest BCUT2D eigenvalue weighted by molar-refractivity contribution is 7.90. The van der Waals surface area contributed by atoms with Crippen molar-refractivity contribution >= 4 is 15.9 Å². The van der Waals surface area contributed by atoms with Crippen LogP contribution in [0.2, 0.25) is 0 Å². The average Bonchev–Trinajstić information content (AvgIpc) is 3.02. The van der Waals surface area contributed by atoms with Crippen molar-refractivity contribution in [1.29, 1.82) is 0 Å². The topological polar surface area (TPSA) is 81.1 Å². The molecular weight excluding hydrogens is 302 g/mol. The Hall–Kier alpha value is -2.15. The van der Waals surface area contributed by atoms with Gasteiger partial charge in [-0.2, -0.15) is 5.10 Å². The number of hydrogen-bond donors (Lipinski definition) is 1. The molecule has 22 heavy (non-hydrogen) atoms. The lowest BCUT2D eigenvalue weighted by Gasteiger charge is -2.04. The van der Waals surface area contributed by atoms with E-state index in [4.69, 9.17) is 0 Å². The molecule has 2 aromatic rings. The van der Waals surface area contributed by atoms with Crippen molar-refractivity contribution in [1.82, 2.24) is 14.5 Å². The van der Waals surface area contributed by atoms with Gasteiger partial charge in [0.15, 0.2) is 0 Å². The van der Waals surface area contributed by atoms with Gasteiger partial charge in [0.25, 0.3) is 10.0 Å². The minimum Gasteiger partial charge on any atom is -0.274 e. The van der Waals surface area contributed by atoms with E-state index in [9.17, 15) is 13.2 Å². The number of benzene rings is 1. The molecule has 1 aromatic carbocycles. The summed E-state index contributed by atoms with van der Waals surface area (Å²) in [6.45, 7) is 2.40. The van der Waals surface area contributed by atoms with Crippen molar-refractivity contribution < 1.29 is 13.2 Å². The van der Waals surface area contributed by atoms with Gasteiger partial charge in [-0.05, 0) is 17.9 Å². The number of rotatable bonds is 5. The normalized spacial score (nSPS) is 20.6. The van der Waals surface area contributed by atoms with Gasteiger partial charge in [-0.1, -0.05) is 37.3 Å². The van der Waals surface area contributed by atoms with Crippen LogP contribution in [0.1, 0.15) is 18.9 Å². The molecule has 116 valence electrons. The second-order valence-electron chi connectivity index (χ2n) is 5.65. The molecule has 0 radical (unpaired) electrons. The minimum absolute atomic E-state index is 0.00471. The van der Waals surface area contributed by atoms with Crippen molar-refractivity contribution in [2.75, 3.05) is 0 Å². The molecule has 3 rings (SSSR count). The lowest BCUT2D eigenvalue weighted by molar-refractivity contribution is -0.120. The van der Waals surface area contributed by atoms with E-state index >= 15 is 0 Å². The van der Waals surface area contributed by atoms with Gasteiger partial charge in [-0.25, -0.2) is 13.1 Å². The van der Waals surface area contributed by atoms with E-state index < -0.39 is 15.9 Å². The fraction of sp³-hybridized carbons (Fsp3) is 0.333. The van der Waals surface area contributed by atoms with Gasteiger partial charge in [0, 0.05) is 12.1 Å². The third-order valence-corrected chi connectivity index (χ3v) is 5.09. The number of sulfonamides is 1. The maximum absolute atomic E-state index is 12.2. The summed E-state index contributed by atoms with van der Waals surface area (Å²) in [4.78, 5) is 11.8. The molecule has 0 saturated heterocycles. The smallest absolute Gasteiger partial charge is 0.267 e. The van der Waals surface area contributed by atoms with E-state index in [1.165, 1.54) is 17.1 Å². The summed E-state index contributed by atoms with van der Waals surface area (Å²) in [6.07, 6.45) is 3.43. The van der Waals surface area contributed by atoms with Crippen LogP contribution in [0.5, 0.6) is 0 Å². The second kappa shape index (κ2) is 5.57. The van der Waals surface area contributed by atoms with Crippen LogP contribution in [0.25, 0.3) is 0 Å². The van der Waals surface area contributed by atoms with E-state index in [0.717, 1.165) is 12.0 Å². The Bertz CT molecular complexity index is 783. The molecule has 0 bridgehead atoms. The molecule has 7 heteroatoms. The van der Waals surface area contributed by atoms with Gasteiger partial charge in [-0.3, -0.25) is 9.48 Å². The molecular formula is C15H17N3O3S. The number of nitrogens with one attached hydrogen (secondary N) is 1. The first-order chi connectivity index (χ1) is 10.5. The Balaban J connectivity index is 1.71. The number of nitrogens with zero attached hydrogens (tertiary/aromatic N) is 2. The summed E-state index contributed by atoms with van der Waals surface area (Å²) >= 11 is 0. The summed E-state index contributed by atoms with van der Waals surface area (Å²) in [5, 5.41) is 4.05. The third-order valence-electron chi connectivity index (χ3n) is 3.79. The van der Waals surface area contributed by atoms with Crippen LogP contribution in [0.15, 0.2) is 47.6 Å². The van der Waals surface area contributed by atoms with Crippen molar-refractivity contribution in [3.8, 4) is 0 Å². The van der Waals surface area contributed by atoms with E-state index in [2.05, 4.69) is 9.82 Å². The van der Waals surface area contributed by atoms with E-state index in [1.807, 2.05) is 37.3 Å². The minimum atomic E-state index is -3.84. The molecule has 1 fully saturated rings. The largest absolute Gasteiger partial charge is 0.274 e. The SMILES string of the molecule is C[C@@H]1C[C@H]1C(=O)NS(=O)(=O)c1cnn(Cc2ccccc2)c1.